The van der Waals surface area contributed by atoms with E-state index in [-0.39, 0.29) is 4.90 Å². The first-order chi connectivity index (χ1) is 14.4. The molecule has 30 heavy (non-hydrogen) atoms. The zero-order valence-corrected chi connectivity index (χ0v) is 18.2. The fraction of sp³-hybridized carbons (Fsp3) is 0.429. The molecule has 0 saturated carbocycles. The minimum atomic E-state index is -3.79. The number of nitrogens with one attached hydrogen (secondary N) is 1. The lowest BCUT2D eigenvalue weighted by molar-refractivity contribution is -0.120. The van der Waals surface area contributed by atoms with Crippen LogP contribution < -0.4 is 11.1 Å². The number of piperidine rings is 1. The van der Waals surface area contributed by atoms with E-state index < -0.39 is 27.9 Å². The number of rotatable bonds is 5. The van der Waals surface area contributed by atoms with Gasteiger partial charge < -0.3 is 11.1 Å². The summed E-state index contributed by atoms with van der Waals surface area (Å²) in [5.74, 6) is -0.961. The molecular weight excluding hydrogens is 422 g/mol. The average molecular weight is 448 g/mol. The molecule has 0 bridgehead atoms. The Labute approximate surface area is 180 Å². The van der Waals surface area contributed by atoms with Gasteiger partial charge in [-0.1, -0.05) is 24.6 Å². The Morgan fingerprint density at radius 1 is 1.07 bits per heavy atom. The van der Waals surface area contributed by atoms with Crippen LogP contribution in [0, 0.1) is 0 Å². The first kappa shape index (κ1) is 21.0. The van der Waals surface area contributed by atoms with Crippen molar-refractivity contribution < 1.29 is 18.0 Å². The SMILES string of the molecule is NC(=O)c1c(NC(=O)C2CCCCN2S(=O)(=O)c2ccccc2)sc2c1CCCC2. The molecule has 3 N–H and O–H groups in total. The average Bonchev–Trinajstić information content (AvgIpc) is 3.12. The Kier molecular flexibility index (Phi) is 5.95. The van der Waals surface area contributed by atoms with Crippen LogP contribution in [0.4, 0.5) is 5.00 Å². The standard InChI is InChI=1S/C21H25N3O4S2/c22-19(25)18-15-10-4-5-12-17(15)29-21(18)23-20(26)16-11-6-7-13-24(16)30(27,28)14-8-2-1-3-9-14/h1-3,8-9,16H,4-7,10-13H2,(H2,22,25)(H,23,26). The van der Waals surface area contributed by atoms with Crippen LogP contribution in [-0.4, -0.2) is 37.1 Å². The highest BCUT2D eigenvalue weighted by Crippen LogP contribution is 2.38. The van der Waals surface area contributed by atoms with E-state index in [1.54, 1.807) is 18.2 Å². The second-order valence-corrected chi connectivity index (χ2v) is 10.7. The number of sulfonamides is 1. The number of thiophene rings is 1. The summed E-state index contributed by atoms with van der Waals surface area (Å²) in [5.41, 5.74) is 6.94. The third kappa shape index (κ3) is 3.89. The Morgan fingerprint density at radius 2 is 1.80 bits per heavy atom. The van der Waals surface area contributed by atoms with E-state index in [4.69, 9.17) is 5.73 Å². The highest BCUT2D eigenvalue weighted by atomic mass is 32.2. The molecule has 7 nitrogen and oxygen atoms in total. The Balaban J connectivity index is 1.63. The number of anilines is 1. The summed E-state index contributed by atoms with van der Waals surface area (Å²) < 4.78 is 27.6. The van der Waals surface area contributed by atoms with E-state index in [9.17, 15) is 18.0 Å². The fourth-order valence-electron chi connectivity index (χ4n) is 4.29. The van der Waals surface area contributed by atoms with Gasteiger partial charge in [0, 0.05) is 11.4 Å². The van der Waals surface area contributed by atoms with Crippen LogP contribution in [0.1, 0.15) is 52.9 Å². The van der Waals surface area contributed by atoms with Gasteiger partial charge in [0.2, 0.25) is 15.9 Å². The van der Waals surface area contributed by atoms with Crippen LogP contribution in [0.3, 0.4) is 0 Å². The summed E-state index contributed by atoms with van der Waals surface area (Å²) in [6.45, 7) is 0.291. The predicted molar refractivity (Wildman–Crippen MR) is 116 cm³/mol. The molecule has 4 rings (SSSR count). The van der Waals surface area contributed by atoms with Crippen molar-refractivity contribution in [1.29, 1.82) is 0 Å². The summed E-state index contributed by atoms with van der Waals surface area (Å²) in [5, 5.41) is 3.29. The molecule has 2 heterocycles. The number of nitrogens with zero attached hydrogens (tertiary/aromatic N) is 1. The number of hydrogen-bond donors (Lipinski definition) is 2. The number of nitrogens with two attached hydrogens (primary N) is 1. The monoisotopic (exact) mass is 447 g/mol. The van der Waals surface area contributed by atoms with E-state index in [2.05, 4.69) is 5.32 Å². The Morgan fingerprint density at radius 3 is 2.53 bits per heavy atom. The zero-order valence-electron chi connectivity index (χ0n) is 16.6. The van der Waals surface area contributed by atoms with Crippen molar-refractivity contribution in [2.24, 2.45) is 5.73 Å². The predicted octanol–water partition coefficient (Wildman–Crippen LogP) is 2.91. The van der Waals surface area contributed by atoms with Gasteiger partial charge in [0.05, 0.1) is 10.5 Å². The summed E-state index contributed by atoms with van der Waals surface area (Å²) in [6.07, 6.45) is 5.59. The van der Waals surface area contributed by atoms with Crippen molar-refractivity contribution in [3.63, 3.8) is 0 Å². The van der Waals surface area contributed by atoms with E-state index in [1.807, 2.05) is 0 Å². The van der Waals surface area contributed by atoms with E-state index in [0.29, 0.717) is 30.0 Å². The van der Waals surface area contributed by atoms with Crippen LogP contribution in [0.2, 0.25) is 0 Å². The Hall–Kier alpha value is -2.23. The molecule has 1 atom stereocenters. The maximum Gasteiger partial charge on any atom is 0.251 e. The molecule has 160 valence electrons. The van der Waals surface area contributed by atoms with Crippen molar-refractivity contribution in [3.05, 3.63) is 46.3 Å². The number of aryl methyl sites for hydroxylation is 1. The van der Waals surface area contributed by atoms with Gasteiger partial charge >= 0.3 is 0 Å². The van der Waals surface area contributed by atoms with Gasteiger partial charge in [-0.2, -0.15) is 4.31 Å². The number of benzene rings is 1. The number of hydrogen-bond acceptors (Lipinski definition) is 5. The molecule has 0 spiro atoms. The van der Waals surface area contributed by atoms with Gasteiger partial charge in [-0.3, -0.25) is 9.59 Å². The lowest BCUT2D eigenvalue weighted by atomic mass is 9.95. The number of fused-ring (bicyclic) bond motifs is 1. The van der Waals surface area contributed by atoms with Gasteiger partial charge in [0.15, 0.2) is 0 Å². The number of primary amides is 1. The maximum atomic E-state index is 13.2. The second kappa shape index (κ2) is 8.49. The van der Waals surface area contributed by atoms with Crippen LogP contribution >= 0.6 is 11.3 Å². The molecule has 2 amide bonds. The molecule has 0 radical (unpaired) electrons. The first-order valence-electron chi connectivity index (χ1n) is 10.2. The van der Waals surface area contributed by atoms with Gasteiger partial charge in [-0.15, -0.1) is 11.3 Å². The molecule has 1 unspecified atom stereocenters. The second-order valence-electron chi connectivity index (χ2n) is 7.71. The van der Waals surface area contributed by atoms with Crippen LogP contribution in [0.5, 0.6) is 0 Å². The molecule has 1 aromatic carbocycles. The molecule has 1 aliphatic heterocycles. The lowest BCUT2D eigenvalue weighted by Gasteiger charge is -2.33. The normalized spacial score (nSPS) is 19.8. The lowest BCUT2D eigenvalue weighted by Crippen LogP contribution is -2.49. The van der Waals surface area contributed by atoms with Gasteiger partial charge in [0.1, 0.15) is 11.0 Å². The topological polar surface area (TPSA) is 110 Å². The molecule has 9 heteroatoms. The van der Waals surface area contributed by atoms with Crippen molar-refractivity contribution in [1.82, 2.24) is 4.31 Å². The van der Waals surface area contributed by atoms with Crippen LogP contribution in [0.15, 0.2) is 35.2 Å². The summed E-state index contributed by atoms with van der Waals surface area (Å²) in [6, 6.07) is 7.35. The molecule has 1 aromatic heterocycles. The molecule has 1 fully saturated rings. The first-order valence-corrected chi connectivity index (χ1v) is 12.5. The molecular formula is C21H25N3O4S2. The van der Waals surface area contributed by atoms with Crippen LogP contribution in [-0.2, 0) is 27.7 Å². The summed E-state index contributed by atoms with van der Waals surface area (Å²) >= 11 is 1.39. The highest BCUT2D eigenvalue weighted by Gasteiger charge is 2.38. The third-order valence-electron chi connectivity index (χ3n) is 5.76. The molecule has 2 aliphatic rings. The van der Waals surface area contributed by atoms with E-state index in [0.717, 1.165) is 42.5 Å². The maximum absolute atomic E-state index is 13.2. The third-order valence-corrected chi connectivity index (χ3v) is 8.89. The summed E-state index contributed by atoms with van der Waals surface area (Å²) in [7, 11) is -3.79. The number of amides is 2. The minimum absolute atomic E-state index is 0.175. The zero-order chi connectivity index (χ0) is 21.3. The quantitative estimate of drug-likeness (QED) is 0.734. The van der Waals surface area contributed by atoms with Crippen molar-refractivity contribution in [2.45, 2.75) is 55.9 Å². The summed E-state index contributed by atoms with van der Waals surface area (Å²) in [4.78, 5) is 26.5. The van der Waals surface area contributed by atoms with Crippen molar-refractivity contribution >= 4 is 38.2 Å². The van der Waals surface area contributed by atoms with Gasteiger partial charge in [-0.05, 0) is 56.2 Å². The van der Waals surface area contributed by atoms with Crippen molar-refractivity contribution in [2.75, 3.05) is 11.9 Å². The largest absolute Gasteiger partial charge is 0.365 e. The van der Waals surface area contributed by atoms with Crippen molar-refractivity contribution in [3.8, 4) is 0 Å². The van der Waals surface area contributed by atoms with E-state index >= 15 is 0 Å². The number of carbonyl (C=O) groups is 2. The number of carbonyl (C=O) groups excluding carboxylic acids is 2. The van der Waals surface area contributed by atoms with Crippen LogP contribution in [0.25, 0.3) is 0 Å². The Bertz CT molecular complexity index is 1060. The molecule has 2 aromatic rings. The highest BCUT2D eigenvalue weighted by molar-refractivity contribution is 7.89. The molecule has 1 saturated heterocycles. The van der Waals surface area contributed by atoms with E-state index in [1.165, 1.54) is 27.8 Å². The molecule has 1 aliphatic carbocycles. The smallest absolute Gasteiger partial charge is 0.251 e. The minimum Gasteiger partial charge on any atom is -0.365 e. The fourth-order valence-corrected chi connectivity index (χ4v) is 7.27. The van der Waals surface area contributed by atoms with Gasteiger partial charge in [0.25, 0.3) is 5.91 Å². The van der Waals surface area contributed by atoms with Gasteiger partial charge in [-0.25, -0.2) is 8.42 Å².